The molecule has 2 amide bonds. The maximum absolute atomic E-state index is 13.0. The summed E-state index contributed by atoms with van der Waals surface area (Å²) < 4.78 is 15.6. The highest BCUT2D eigenvalue weighted by Crippen LogP contribution is 2.36. The summed E-state index contributed by atoms with van der Waals surface area (Å²) in [6.07, 6.45) is 0. The molecule has 0 aromatic heterocycles. The van der Waals surface area contributed by atoms with E-state index in [0.717, 1.165) is 4.90 Å². The average molecular weight is 411 g/mol. The van der Waals surface area contributed by atoms with Crippen molar-refractivity contribution in [2.75, 3.05) is 32.4 Å². The number of methoxy groups -OCH3 is 1. The van der Waals surface area contributed by atoms with Gasteiger partial charge >= 0.3 is 0 Å². The number of rotatable bonds is 7. The fourth-order valence-corrected chi connectivity index (χ4v) is 3.21. The van der Waals surface area contributed by atoms with E-state index in [0.29, 0.717) is 22.7 Å². The largest absolute Gasteiger partial charge is 0.454 e. The van der Waals surface area contributed by atoms with E-state index in [1.54, 1.807) is 18.2 Å². The predicted molar refractivity (Wildman–Crippen MR) is 105 cm³/mol. The minimum atomic E-state index is -0.531. The number of nitro groups is 1. The number of hydrogen-bond acceptors (Lipinski definition) is 8. The summed E-state index contributed by atoms with van der Waals surface area (Å²) in [5.41, 5.74) is 1.01. The molecule has 0 atom stereocenters. The number of nitrogens with zero attached hydrogens (tertiary/aromatic N) is 2. The highest BCUT2D eigenvalue weighted by atomic mass is 16.7. The van der Waals surface area contributed by atoms with Crippen molar-refractivity contribution in [3.8, 4) is 11.5 Å². The number of carbonyl (C=O) groups excluding carboxylic acids is 2. The smallest absolute Gasteiger partial charge is 0.278 e. The fourth-order valence-electron chi connectivity index (χ4n) is 3.21. The van der Waals surface area contributed by atoms with Crippen molar-refractivity contribution in [1.82, 2.24) is 4.90 Å². The Morgan fingerprint density at radius 3 is 2.53 bits per heavy atom. The SMILES string of the molecule is COCCN1C(=O)C(Nc2ccc3c(c2)OCO3)=C(c2ccc([N+](=O)[O-])cc2)C1=O. The molecule has 2 aliphatic heterocycles. The molecule has 2 aliphatic rings. The summed E-state index contributed by atoms with van der Waals surface area (Å²) in [7, 11) is 1.47. The Morgan fingerprint density at radius 1 is 1.10 bits per heavy atom. The summed E-state index contributed by atoms with van der Waals surface area (Å²) in [4.78, 5) is 37.5. The van der Waals surface area contributed by atoms with Gasteiger partial charge in [0.2, 0.25) is 6.79 Å². The maximum Gasteiger partial charge on any atom is 0.278 e. The predicted octanol–water partition coefficient (Wildman–Crippen LogP) is 2.16. The van der Waals surface area contributed by atoms with Crippen molar-refractivity contribution in [3.63, 3.8) is 0 Å². The summed E-state index contributed by atoms with van der Waals surface area (Å²) in [6, 6.07) is 10.5. The van der Waals surface area contributed by atoms with Crippen molar-refractivity contribution >= 4 is 28.8 Å². The van der Waals surface area contributed by atoms with Crippen molar-refractivity contribution in [2.45, 2.75) is 0 Å². The molecule has 0 saturated heterocycles. The van der Waals surface area contributed by atoms with E-state index in [-0.39, 0.29) is 36.9 Å². The molecule has 0 unspecified atom stereocenters. The lowest BCUT2D eigenvalue weighted by atomic mass is 10.0. The molecule has 2 heterocycles. The molecule has 10 nitrogen and oxygen atoms in total. The lowest BCUT2D eigenvalue weighted by Gasteiger charge is -2.14. The number of nitrogens with one attached hydrogen (secondary N) is 1. The molecule has 0 bridgehead atoms. The van der Waals surface area contributed by atoms with Gasteiger partial charge in [-0.1, -0.05) is 0 Å². The van der Waals surface area contributed by atoms with Gasteiger partial charge in [-0.2, -0.15) is 0 Å². The number of fused-ring (bicyclic) bond motifs is 1. The first-order valence-electron chi connectivity index (χ1n) is 9.00. The highest BCUT2D eigenvalue weighted by Gasteiger charge is 2.39. The van der Waals surface area contributed by atoms with Gasteiger partial charge in [0.25, 0.3) is 17.5 Å². The Bertz CT molecular complexity index is 1060. The summed E-state index contributed by atoms with van der Waals surface area (Å²) in [6.45, 7) is 0.372. The highest BCUT2D eigenvalue weighted by molar-refractivity contribution is 6.36. The van der Waals surface area contributed by atoms with Crippen molar-refractivity contribution in [2.24, 2.45) is 0 Å². The van der Waals surface area contributed by atoms with Crippen LogP contribution in [0.25, 0.3) is 5.57 Å². The molecule has 0 radical (unpaired) electrons. The standard InChI is InChI=1S/C20H17N3O7/c1-28-9-8-22-19(24)17(12-2-5-14(6-3-12)23(26)27)18(20(22)25)21-13-4-7-15-16(10-13)30-11-29-15/h2-7,10,21H,8-9,11H2,1H3. The van der Waals surface area contributed by atoms with Gasteiger partial charge < -0.3 is 19.5 Å². The molecular weight excluding hydrogens is 394 g/mol. The van der Waals surface area contributed by atoms with Crippen LogP contribution in [0.4, 0.5) is 11.4 Å². The Morgan fingerprint density at radius 2 is 1.83 bits per heavy atom. The number of nitro benzene ring substituents is 1. The Kier molecular flexibility index (Phi) is 5.07. The number of amides is 2. The van der Waals surface area contributed by atoms with Gasteiger partial charge in [-0.05, 0) is 29.8 Å². The molecule has 2 aromatic carbocycles. The molecule has 0 aliphatic carbocycles. The number of benzene rings is 2. The zero-order valence-corrected chi connectivity index (χ0v) is 15.9. The number of hydrogen-bond donors (Lipinski definition) is 1. The molecule has 0 saturated carbocycles. The van der Waals surface area contributed by atoms with Gasteiger partial charge in [-0.3, -0.25) is 24.6 Å². The van der Waals surface area contributed by atoms with Crippen molar-refractivity contribution in [1.29, 1.82) is 0 Å². The molecular formula is C20H17N3O7. The van der Waals surface area contributed by atoms with Crippen LogP contribution in [0.1, 0.15) is 5.56 Å². The number of ether oxygens (including phenoxy) is 3. The summed E-state index contributed by atoms with van der Waals surface area (Å²) >= 11 is 0. The number of imide groups is 1. The van der Waals surface area contributed by atoms with Crippen LogP contribution in [-0.4, -0.2) is 48.7 Å². The minimum Gasteiger partial charge on any atom is -0.454 e. The average Bonchev–Trinajstić information content (AvgIpc) is 3.29. The first kappa shape index (κ1) is 19.4. The van der Waals surface area contributed by atoms with E-state index in [1.165, 1.54) is 31.4 Å². The van der Waals surface area contributed by atoms with Gasteiger partial charge in [0.1, 0.15) is 5.70 Å². The first-order chi connectivity index (χ1) is 14.5. The third-order valence-corrected chi connectivity index (χ3v) is 4.70. The number of carbonyl (C=O) groups is 2. The second-order valence-electron chi connectivity index (χ2n) is 6.50. The second kappa shape index (κ2) is 7.84. The third kappa shape index (κ3) is 3.44. The molecule has 10 heteroatoms. The van der Waals surface area contributed by atoms with E-state index in [9.17, 15) is 19.7 Å². The van der Waals surface area contributed by atoms with Crippen LogP contribution in [0.15, 0.2) is 48.2 Å². The zero-order valence-electron chi connectivity index (χ0n) is 15.9. The zero-order chi connectivity index (χ0) is 21.3. The van der Waals surface area contributed by atoms with Crippen LogP contribution in [0, 0.1) is 10.1 Å². The van der Waals surface area contributed by atoms with E-state index >= 15 is 0 Å². The Balaban J connectivity index is 1.73. The minimum absolute atomic E-state index is 0.0730. The number of anilines is 1. The molecule has 2 aromatic rings. The Labute approximate surface area is 170 Å². The summed E-state index contributed by atoms with van der Waals surface area (Å²) in [5.74, 6) is 0.0865. The van der Waals surface area contributed by atoms with E-state index < -0.39 is 16.7 Å². The molecule has 4 rings (SSSR count). The molecule has 30 heavy (non-hydrogen) atoms. The van der Waals surface area contributed by atoms with Crippen LogP contribution < -0.4 is 14.8 Å². The van der Waals surface area contributed by atoms with Crippen LogP contribution in [0.3, 0.4) is 0 Å². The molecule has 0 spiro atoms. The van der Waals surface area contributed by atoms with E-state index in [2.05, 4.69) is 5.32 Å². The van der Waals surface area contributed by atoms with Gasteiger partial charge in [0.05, 0.1) is 23.6 Å². The lowest BCUT2D eigenvalue weighted by molar-refractivity contribution is -0.384. The normalized spacial score (nSPS) is 15.2. The second-order valence-corrected chi connectivity index (χ2v) is 6.50. The van der Waals surface area contributed by atoms with E-state index in [1.807, 2.05) is 0 Å². The van der Waals surface area contributed by atoms with Crippen molar-refractivity contribution < 1.29 is 28.7 Å². The van der Waals surface area contributed by atoms with Crippen molar-refractivity contribution in [3.05, 3.63) is 63.8 Å². The third-order valence-electron chi connectivity index (χ3n) is 4.70. The molecule has 0 fully saturated rings. The van der Waals surface area contributed by atoms with Gasteiger partial charge in [0, 0.05) is 31.0 Å². The monoisotopic (exact) mass is 411 g/mol. The van der Waals surface area contributed by atoms with Crippen LogP contribution in [0.2, 0.25) is 0 Å². The van der Waals surface area contributed by atoms with Gasteiger partial charge in [0.15, 0.2) is 11.5 Å². The maximum atomic E-state index is 13.0. The first-order valence-corrected chi connectivity index (χ1v) is 9.00. The van der Waals surface area contributed by atoms with Crippen LogP contribution in [0.5, 0.6) is 11.5 Å². The lowest BCUT2D eigenvalue weighted by Crippen LogP contribution is -2.35. The number of non-ortho nitro benzene ring substituents is 1. The molecule has 1 N–H and O–H groups in total. The quantitative estimate of drug-likeness (QED) is 0.418. The Hall–Kier alpha value is -3.92. The van der Waals surface area contributed by atoms with E-state index in [4.69, 9.17) is 14.2 Å². The molecule has 154 valence electrons. The van der Waals surface area contributed by atoms with Gasteiger partial charge in [-0.25, -0.2) is 0 Å². The summed E-state index contributed by atoms with van der Waals surface area (Å²) in [5, 5.41) is 13.9. The van der Waals surface area contributed by atoms with Gasteiger partial charge in [-0.15, -0.1) is 0 Å². The topological polar surface area (TPSA) is 120 Å². The fraction of sp³-hybridized carbons (Fsp3) is 0.200. The van der Waals surface area contributed by atoms with Crippen LogP contribution >= 0.6 is 0 Å². The van der Waals surface area contributed by atoms with Crippen LogP contribution in [-0.2, 0) is 14.3 Å².